The summed E-state index contributed by atoms with van der Waals surface area (Å²) in [5.41, 5.74) is 1.02. The predicted octanol–water partition coefficient (Wildman–Crippen LogP) is 2.04. The SMILES string of the molecule is O=S(=O)(Cc1ccc(CO)cc1)N(CC(F)(F)F)C1CC1. The Morgan fingerprint density at radius 1 is 1.14 bits per heavy atom. The third kappa shape index (κ3) is 4.69. The van der Waals surface area contributed by atoms with Gasteiger partial charge in [-0.3, -0.25) is 0 Å². The van der Waals surface area contributed by atoms with Gasteiger partial charge in [0, 0.05) is 6.04 Å². The van der Waals surface area contributed by atoms with Gasteiger partial charge < -0.3 is 5.11 Å². The molecule has 0 saturated heterocycles. The zero-order valence-electron chi connectivity index (χ0n) is 11.2. The van der Waals surface area contributed by atoms with E-state index >= 15 is 0 Å². The summed E-state index contributed by atoms with van der Waals surface area (Å²) in [6.07, 6.45) is -3.60. The first kappa shape index (κ1) is 16.3. The fraction of sp³-hybridized carbons (Fsp3) is 0.538. The molecule has 118 valence electrons. The zero-order chi connectivity index (χ0) is 15.7. The Balaban J connectivity index is 2.14. The van der Waals surface area contributed by atoms with Crippen LogP contribution >= 0.6 is 0 Å². The molecule has 0 bridgehead atoms. The molecule has 8 heteroatoms. The molecule has 2 rings (SSSR count). The smallest absolute Gasteiger partial charge is 0.392 e. The van der Waals surface area contributed by atoms with Gasteiger partial charge in [-0.1, -0.05) is 24.3 Å². The van der Waals surface area contributed by atoms with Crippen LogP contribution in [0, 0.1) is 0 Å². The second-order valence-corrected chi connectivity index (χ2v) is 7.04. The van der Waals surface area contributed by atoms with Crippen LogP contribution in [0.25, 0.3) is 0 Å². The van der Waals surface area contributed by atoms with E-state index in [1.807, 2.05) is 0 Å². The first-order valence-electron chi connectivity index (χ1n) is 6.46. The van der Waals surface area contributed by atoms with Crippen molar-refractivity contribution in [3.05, 3.63) is 35.4 Å². The molecular formula is C13H16F3NO3S. The lowest BCUT2D eigenvalue weighted by Crippen LogP contribution is -2.41. The molecule has 0 spiro atoms. The molecule has 1 aliphatic rings. The summed E-state index contributed by atoms with van der Waals surface area (Å²) in [6, 6.07) is 5.57. The van der Waals surface area contributed by atoms with Gasteiger partial charge in [0.15, 0.2) is 0 Å². The van der Waals surface area contributed by atoms with Crippen molar-refractivity contribution in [1.82, 2.24) is 4.31 Å². The lowest BCUT2D eigenvalue weighted by Gasteiger charge is -2.23. The third-order valence-corrected chi connectivity index (χ3v) is 5.04. The minimum absolute atomic E-state index is 0.171. The van der Waals surface area contributed by atoms with Gasteiger partial charge in [0.1, 0.15) is 6.54 Å². The summed E-state index contributed by atoms with van der Waals surface area (Å²) < 4.78 is 62.5. The first-order chi connectivity index (χ1) is 9.71. The van der Waals surface area contributed by atoms with Crippen molar-refractivity contribution in [2.45, 2.75) is 37.4 Å². The zero-order valence-corrected chi connectivity index (χ0v) is 12.0. The summed E-state index contributed by atoms with van der Waals surface area (Å²) in [5, 5.41) is 8.91. The van der Waals surface area contributed by atoms with Crippen molar-refractivity contribution in [2.24, 2.45) is 0 Å². The number of halogens is 3. The highest BCUT2D eigenvalue weighted by atomic mass is 32.2. The van der Waals surface area contributed by atoms with Crippen LogP contribution in [0.4, 0.5) is 13.2 Å². The largest absolute Gasteiger partial charge is 0.402 e. The van der Waals surface area contributed by atoms with Gasteiger partial charge in [-0.25, -0.2) is 8.42 Å². The number of rotatable bonds is 6. The van der Waals surface area contributed by atoms with Crippen LogP contribution in [0.1, 0.15) is 24.0 Å². The summed E-state index contributed by atoms with van der Waals surface area (Å²) >= 11 is 0. The molecule has 1 fully saturated rings. The van der Waals surface area contributed by atoms with Crippen LogP contribution in [0.5, 0.6) is 0 Å². The molecule has 0 atom stereocenters. The number of alkyl halides is 3. The van der Waals surface area contributed by atoms with Crippen molar-refractivity contribution >= 4 is 10.0 Å². The van der Waals surface area contributed by atoms with Crippen molar-refractivity contribution in [1.29, 1.82) is 0 Å². The third-order valence-electron chi connectivity index (χ3n) is 3.20. The van der Waals surface area contributed by atoms with Gasteiger partial charge in [-0.15, -0.1) is 0 Å². The number of hydrogen-bond acceptors (Lipinski definition) is 3. The number of nitrogens with zero attached hydrogens (tertiary/aromatic N) is 1. The molecule has 0 radical (unpaired) electrons. The average molecular weight is 323 g/mol. The maximum Gasteiger partial charge on any atom is 0.402 e. The highest BCUT2D eigenvalue weighted by Crippen LogP contribution is 2.33. The Hall–Kier alpha value is -1.12. The second-order valence-electron chi connectivity index (χ2n) is 5.12. The normalized spacial score (nSPS) is 16.4. The minimum Gasteiger partial charge on any atom is -0.392 e. The van der Waals surface area contributed by atoms with Crippen LogP contribution in [0.2, 0.25) is 0 Å². The van der Waals surface area contributed by atoms with Gasteiger partial charge in [0.2, 0.25) is 10.0 Å². The fourth-order valence-electron chi connectivity index (χ4n) is 2.03. The Morgan fingerprint density at radius 2 is 1.67 bits per heavy atom. The van der Waals surface area contributed by atoms with E-state index in [1.54, 1.807) is 12.1 Å². The Kier molecular flexibility index (Phi) is 4.60. The lowest BCUT2D eigenvalue weighted by atomic mass is 10.2. The van der Waals surface area contributed by atoms with Crippen LogP contribution in [-0.2, 0) is 22.4 Å². The highest BCUT2D eigenvalue weighted by Gasteiger charge is 2.43. The van der Waals surface area contributed by atoms with E-state index in [1.165, 1.54) is 12.1 Å². The van der Waals surface area contributed by atoms with E-state index in [4.69, 9.17) is 5.11 Å². The lowest BCUT2D eigenvalue weighted by molar-refractivity contribution is -0.137. The monoisotopic (exact) mass is 323 g/mol. The van der Waals surface area contributed by atoms with Crippen molar-refractivity contribution in [3.8, 4) is 0 Å². The van der Waals surface area contributed by atoms with Gasteiger partial charge in [0.25, 0.3) is 0 Å². The molecule has 1 aromatic carbocycles. The molecule has 0 amide bonds. The van der Waals surface area contributed by atoms with Crippen molar-refractivity contribution < 1.29 is 26.7 Å². The molecule has 1 aromatic rings. The second kappa shape index (κ2) is 5.94. The summed E-state index contributed by atoms with van der Waals surface area (Å²) in [6.45, 7) is -1.61. The molecule has 0 aromatic heterocycles. The Bertz CT molecular complexity index is 580. The van der Waals surface area contributed by atoms with E-state index in [0.717, 1.165) is 0 Å². The van der Waals surface area contributed by atoms with Crippen LogP contribution in [0.15, 0.2) is 24.3 Å². The van der Waals surface area contributed by atoms with Crippen LogP contribution in [-0.4, -0.2) is 36.6 Å². The fourth-order valence-corrected chi connectivity index (χ4v) is 3.82. The number of hydrogen-bond donors (Lipinski definition) is 1. The average Bonchev–Trinajstić information content (AvgIpc) is 3.19. The molecule has 0 unspecified atom stereocenters. The number of aliphatic hydroxyl groups excluding tert-OH is 1. The topological polar surface area (TPSA) is 57.6 Å². The maximum absolute atomic E-state index is 12.5. The molecule has 21 heavy (non-hydrogen) atoms. The Labute approximate surface area is 121 Å². The molecule has 0 heterocycles. The van der Waals surface area contributed by atoms with E-state index in [2.05, 4.69) is 0 Å². The summed E-state index contributed by atoms with van der Waals surface area (Å²) in [7, 11) is -4.01. The van der Waals surface area contributed by atoms with Crippen LogP contribution < -0.4 is 0 Å². The van der Waals surface area contributed by atoms with Gasteiger partial charge in [-0.05, 0) is 24.0 Å². The first-order valence-corrected chi connectivity index (χ1v) is 8.07. The van der Waals surface area contributed by atoms with Crippen LogP contribution in [0.3, 0.4) is 0 Å². The molecule has 1 aliphatic carbocycles. The van der Waals surface area contributed by atoms with E-state index in [-0.39, 0.29) is 6.61 Å². The van der Waals surface area contributed by atoms with Gasteiger partial charge in [0.05, 0.1) is 12.4 Å². The quantitative estimate of drug-likeness (QED) is 0.871. The summed E-state index contributed by atoms with van der Waals surface area (Å²) in [4.78, 5) is 0. The van der Waals surface area contributed by atoms with Gasteiger partial charge >= 0.3 is 6.18 Å². The molecule has 1 N–H and O–H groups in total. The molecular weight excluding hydrogens is 307 g/mol. The maximum atomic E-state index is 12.5. The molecule has 0 aliphatic heterocycles. The predicted molar refractivity (Wildman–Crippen MR) is 70.8 cm³/mol. The number of aliphatic hydroxyl groups is 1. The number of sulfonamides is 1. The molecule has 1 saturated carbocycles. The van der Waals surface area contributed by atoms with Crippen molar-refractivity contribution in [2.75, 3.05) is 6.54 Å². The highest BCUT2D eigenvalue weighted by molar-refractivity contribution is 7.88. The number of benzene rings is 1. The van der Waals surface area contributed by atoms with E-state index < -0.39 is 34.5 Å². The minimum atomic E-state index is -4.55. The molecule has 4 nitrogen and oxygen atoms in total. The Morgan fingerprint density at radius 3 is 2.10 bits per heavy atom. The summed E-state index contributed by atoms with van der Waals surface area (Å²) in [5.74, 6) is -0.467. The van der Waals surface area contributed by atoms with E-state index in [9.17, 15) is 21.6 Å². The van der Waals surface area contributed by atoms with Gasteiger partial charge in [-0.2, -0.15) is 17.5 Å². The van der Waals surface area contributed by atoms with E-state index in [0.29, 0.717) is 28.3 Å². The standard InChI is InChI=1S/C13H16F3NO3S/c14-13(15,16)9-17(12-5-6-12)21(19,20)8-11-3-1-10(7-18)2-4-11/h1-4,12,18H,5-9H2. The van der Waals surface area contributed by atoms with Crippen molar-refractivity contribution in [3.63, 3.8) is 0 Å².